The Balaban J connectivity index is 2.12. The molecule has 0 nitrogen and oxygen atoms in total. The molecule has 0 saturated heterocycles. The Morgan fingerprint density at radius 2 is 0.793 bits per heavy atom. The van der Waals surface area contributed by atoms with Gasteiger partial charge in [-0.3, -0.25) is 0 Å². The molecule has 0 bridgehead atoms. The number of hydrogen-bond acceptors (Lipinski definition) is 0. The van der Waals surface area contributed by atoms with Crippen LogP contribution < -0.4 is 15.9 Å². The standard InChI is InChI=1S/C28H29P/c1-22-13-7-10-18-26(22)29(21-25-16-5-4-6-17-25,27-19-11-8-14-23(27)2)28-20-12-9-15-24(28)3/h4-20,29H,21H2,1-3H3. The third kappa shape index (κ3) is 3.66. The van der Waals surface area contributed by atoms with Crippen LogP contribution in [0.25, 0.3) is 0 Å². The zero-order valence-electron chi connectivity index (χ0n) is 17.5. The van der Waals surface area contributed by atoms with Gasteiger partial charge in [-0.2, -0.15) is 0 Å². The van der Waals surface area contributed by atoms with Crippen LogP contribution in [0, 0.1) is 20.8 Å². The van der Waals surface area contributed by atoms with Crippen LogP contribution in [0.2, 0.25) is 0 Å². The molecule has 0 saturated carbocycles. The van der Waals surface area contributed by atoms with Gasteiger partial charge in [-0.25, -0.2) is 0 Å². The summed E-state index contributed by atoms with van der Waals surface area (Å²) in [5.74, 6) is 0. The van der Waals surface area contributed by atoms with E-state index in [4.69, 9.17) is 0 Å². The van der Waals surface area contributed by atoms with E-state index in [0.717, 1.165) is 6.16 Å². The first-order valence-electron chi connectivity index (χ1n) is 10.3. The van der Waals surface area contributed by atoms with Crippen molar-refractivity contribution in [3.05, 3.63) is 125 Å². The summed E-state index contributed by atoms with van der Waals surface area (Å²) < 4.78 is 0. The van der Waals surface area contributed by atoms with Crippen molar-refractivity contribution >= 4 is 23.2 Å². The Morgan fingerprint density at radius 1 is 0.448 bits per heavy atom. The van der Waals surface area contributed by atoms with E-state index in [9.17, 15) is 0 Å². The van der Waals surface area contributed by atoms with Crippen molar-refractivity contribution in [3.8, 4) is 0 Å². The van der Waals surface area contributed by atoms with E-state index < -0.39 is 7.26 Å². The first-order chi connectivity index (χ1) is 14.1. The van der Waals surface area contributed by atoms with E-state index in [1.165, 1.54) is 38.2 Å². The molecule has 0 atom stereocenters. The van der Waals surface area contributed by atoms with Crippen molar-refractivity contribution < 1.29 is 0 Å². The first kappa shape index (κ1) is 19.6. The van der Waals surface area contributed by atoms with E-state index in [1.54, 1.807) is 0 Å². The van der Waals surface area contributed by atoms with Crippen molar-refractivity contribution in [3.63, 3.8) is 0 Å². The van der Waals surface area contributed by atoms with Gasteiger partial charge in [0, 0.05) is 0 Å². The van der Waals surface area contributed by atoms with E-state index >= 15 is 0 Å². The van der Waals surface area contributed by atoms with Crippen LogP contribution in [-0.4, -0.2) is 0 Å². The monoisotopic (exact) mass is 396 g/mol. The van der Waals surface area contributed by atoms with Crippen LogP contribution in [0.15, 0.2) is 103 Å². The second-order valence-electron chi connectivity index (χ2n) is 8.01. The summed E-state index contributed by atoms with van der Waals surface area (Å²) >= 11 is 0. The van der Waals surface area contributed by atoms with Crippen molar-refractivity contribution in [1.29, 1.82) is 0 Å². The molecule has 0 N–H and O–H groups in total. The van der Waals surface area contributed by atoms with Crippen LogP contribution in [0.3, 0.4) is 0 Å². The SMILES string of the molecule is Cc1ccccc1[PH](Cc1ccccc1)(c1ccccc1C)c1ccccc1C. The van der Waals surface area contributed by atoms with Gasteiger partial charge >= 0.3 is 175 Å². The molecule has 4 aromatic carbocycles. The molecule has 4 rings (SSSR count). The summed E-state index contributed by atoms with van der Waals surface area (Å²) in [4.78, 5) is 0. The summed E-state index contributed by atoms with van der Waals surface area (Å²) in [6.45, 7) is 6.83. The number of rotatable bonds is 5. The van der Waals surface area contributed by atoms with Gasteiger partial charge in [0.15, 0.2) is 0 Å². The normalized spacial score (nSPS) is 12.0. The molecule has 1 heteroatoms. The van der Waals surface area contributed by atoms with Crippen LogP contribution in [0.4, 0.5) is 0 Å². The minimum atomic E-state index is -2.30. The van der Waals surface area contributed by atoms with Crippen LogP contribution >= 0.6 is 7.26 Å². The maximum absolute atomic E-state index is 2.38. The van der Waals surface area contributed by atoms with E-state index in [0.29, 0.717) is 0 Å². The van der Waals surface area contributed by atoms with Gasteiger partial charge in [0.2, 0.25) is 0 Å². The third-order valence-electron chi connectivity index (χ3n) is 6.13. The molecule has 146 valence electrons. The van der Waals surface area contributed by atoms with Gasteiger partial charge in [-0.1, -0.05) is 0 Å². The number of aryl methyl sites for hydroxylation is 3. The van der Waals surface area contributed by atoms with Crippen molar-refractivity contribution in [1.82, 2.24) is 0 Å². The van der Waals surface area contributed by atoms with E-state index in [1.807, 2.05) is 0 Å². The van der Waals surface area contributed by atoms with Crippen molar-refractivity contribution in [2.75, 3.05) is 0 Å². The predicted molar refractivity (Wildman–Crippen MR) is 131 cm³/mol. The van der Waals surface area contributed by atoms with Gasteiger partial charge in [0.1, 0.15) is 0 Å². The molecular formula is C28H29P. The molecule has 0 heterocycles. The second kappa shape index (κ2) is 8.36. The van der Waals surface area contributed by atoms with Crippen LogP contribution in [0.5, 0.6) is 0 Å². The zero-order valence-corrected chi connectivity index (χ0v) is 18.5. The van der Waals surface area contributed by atoms with Crippen LogP contribution in [-0.2, 0) is 6.16 Å². The molecule has 0 unspecified atom stereocenters. The summed E-state index contributed by atoms with van der Waals surface area (Å²) in [5, 5.41) is 4.56. The number of hydrogen-bond donors (Lipinski definition) is 0. The maximum atomic E-state index is 2.38. The average Bonchev–Trinajstić information content (AvgIpc) is 2.74. The summed E-state index contributed by atoms with van der Waals surface area (Å²) in [6, 6.07) is 38.1. The summed E-state index contributed by atoms with van der Waals surface area (Å²) in [7, 11) is -2.30. The molecule has 0 aromatic heterocycles. The topological polar surface area (TPSA) is 0 Å². The molecule has 0 spiro atoms. The molecule has 0 fully saturated rings. The molecule has 0 aliphatic carbocycles. The summed E-state index contributed by atoms with van der Waals surface area (Å²) in [6.07, 6.45) is 1.06. The van der Waals surface area contributed by atoms with Crippen molar-refractivity contribution in [2.45, 2.75) is 26.9 Å². The molecule has 0 radical (unpaired) electrons. The van der Waals surface area contributed by atoms with E-state index in [-0.39, 0.29) is 0 Å². The van der Waals surface area contributed by atoms with Gasteiger partial charge in [-0.05, 0) is 0 Å². The second-order valence-corrected chi connectivity index (χ2v) is 11.8. The Morgan fingerprint density at radius 3 is 1.17 bits per heavy atom. The van der Waals surface area contributed by atoms with E-state index in [2.05, 4.69) is 124 Å². The van der Waals surface area contributed by atoms with Gasteiger partial charge in [0.05, 0.1) is 0 Å². The molecular weight excluding hydrogens is 367 g/mol. The fourth-order valence-electron chi connectivity index (χ4n) is 4.78. The minimum absolute atomic E-state index is 1.06. The first-order valence-corrected chi connectivity index (χ1v) is 12.6. The Bertz CT molecular complexity index is 1000. The third-order valence-corrected chi connectivity index (χ3v) is 11.5. The molecule has 0 aliphatic rings. The fraction of sp³-hybridized carbons (Fsp3) is 0.143. The molecule has 4 aromatic rings. The fourth-order valence-corrected chi connectivity index (χ4v) is 10.5. The number of benzene rings is 4. The average molecular weight is 397 g/mol. The predicted octanol–water partition coefficient (Wildman–Crippen LogP) is 5.84. The van der Waals surface area contributed by atoms with Crippen LogP contribution in [0.1, 0.15) is 22.3 Å². The van der Waals surface area contributed by atoms with Gasteiger partial charge < -0.3 is 0 Å². The quantitative estimate of drug-likeness (QED) is 0.372. The molecule has 0 aliphatic heterocycles. The zero-order chi connectivity index (χ0) is 20.3. The van der Waals surface area contributed by atoms with Gasteiger partial charge in [-0.15, -0.1) is 0 Å². The van der Waals surface area contributed by atoms with Gasteiger partial charge in [0.25, 0.3) is 0 Å². The molecule has 0 amide bonds. The molecule has 29 heavy (non-hydrogen) atoms. The Hall–Kier alpha value is -2.69. The van der Waals surface area contributed by atoms with Crippen molar-refractivity contribution in [2.24, 2.45) is 0 Å². The Labute approximate surface area is 175 Å². The Kier molecular flexibility index (Phi) is 5.65. The summed E-state index contributed by atoms with van der Waals surface area (Å²) in [5.41, 5.74) is 5.58.